The molecular weight excluding hydrogens is 523 g/mol. The van der Waals surface area contributed by atoms with Crippen molar-refractivity contribution in [2.24, 2.45) is 7.05 Å². The largest absolute Gasteiger partial charge is 0.457 e. The van der Waals surface area contributed by atoms with E-state index in [4.69, 9.17) is 4.74 Å². The zero-order valence-electron chi connectivity index (χ0n) is 22.9. The monoisotopic (exact) mass is 550 g/mol. The summed E-state index contributed by atoms with van der Waals surface area (Å²) in [6.45, 7) is 6.00. The van der Waals surface area contributed by atoms with Gasteiger partial charge in [0.25, 0.3) is 0 Å². The third-order valence-corrected chi connectivity index (χ3v) is 6.18. The number of ether oxygens (including phenoxy) is 1. The van der Waals surface area contributed by atoms with Crippen molar-refractivity contribution >= 4 is 17.5 Å². The van der Waals surface area contributed by atoms with Gasteiger partial charge in [0.2, 0.25) is 0 Å². The number of halogens is 1. The number of benzene rings is 2. The van der Waals surface area contributed by atoms with Gasteiger partial charge < -0.3 is 10.1 Å². The van der Waals surface area contributed by atoms with E-state index >= 15 is 4.39 Å². The summed E-state index contributed by atoms with van der Waals surface area (Å²) < 4.78 is 24.1. The maximum Gasteiger partial charge on any atom is 0.324 e. The number of anilines is 2. The van der Waals surface area contributed by atoms with Crippen molar-refractivity contribution in [2.75, 3.05) is 10.6 Å². The summed E-state index contributed by atoms with van der Waals surface area (Å²) in [6.07, 6.45) is 3.27. The second-order valence-corrected chi connectivity index (χ2v) is 10.3. The molecule has 3 aromatic heterocycles. The first-order valence-corrected chi connectivity index (χ1v) is 12.7. The first-order chi connectivity index (χ1) is 19.6. The van der Waals surface area contributed by atoms with E-state index < -0.39 is 11.8 Å². The zero-order valence-corrected chi connectivity index (χ0v) is 22.9. The van der Waals surface area contributed by atoms with E-state index in [2.05, 4.69) is 31.9 Å². The lowest BCUT2D eigenvalue weighted by atomic mass is 9.92. The number of carbonyl (C=O) groups excluding carboxylic acids is 1. The van der Waals surface area contributed by atoms with E-state index in [-0.39, 0.29) is 16.9 Å². The van der Waals surface area contributed by atoms with Crippen LogP contribution >= 0.6 is 0 Å². The van der Waals surface area contributed by atoms with Gasteiger partial charge in [0.05, 0.1) is 40.1 Å². The smallest absolute Gasteiger partial charge is 0.324 e. The maximum absolute atomic E-state index is 15.0. The molecule has 0 aliphatic heterocycles. The summed E-state index contributed by atoms with van der Waals surface area (Å²) in [5.41, 5.74) is 2.91. The highest BCUT2D eigenvalue weighted by Gasteiger charge is 2.22. The Kier molecular flexibility index (Phi) is 7.22. The van der Waals surface area contributed by atoms with Crippen LogP contribution in [-0.2, 0) is 12.5 Å². The quantitative estimate of drug-likeness (QED) is 0.252. The first kappa shape index (κ1) is 27.1. The number of nitrogens with one attached hydrogen (secondary N) is 2. The summed E-state index contributed by atoms with van der Waals surface area (Å²) >= 11 is 0. The molecule has 0 unspecified atom stereocenters. The molecule has 2 aromatic carbocycles. The van der Waals surface area contributed by atoms with Gasteiger partial charge in [-0.15, -0.1) is 0 Å². The third kappa shape index (κ3) is 6.07. The van der Waals surface area contributed by atoms with Crippen LogP contribution in [-0.4, -0.2) is 30.6 Å². The van der Waals surface area contributed by atoms with Crippen LogP contribution in [0.2, 0.25) is 0 Å². The van der Waals surface area contributed by atoms with Crippen molar-refractivity contribution in [1.82, 2.24) is 24.5 Å². The minimum Gasteiger partial charge on any atom is -0.457 e. The van der Waals surface area contributed by atoms with Gasteiger partial charge in [0, 0.05) is 43.1 Å². The van der Waals surface area contributed by atoms with Gasteiger partial charge in [0.1, 0.15) is 23.1 Å². The maximum atomic E-state index is 15.0. The first-order valence-electron chi connectivity index (χ1n) is 12.7. The highest BCUT2D eigenvalue weighted by atomic mass is 19.1. The Bertz CT molecular complexity index is 1780. The molecule has 0 bridgehead atoms. The Hall–Kier alpha value is -5.50. The van der Waals surface area contributed by atoms with E-state index in [1.165, 1.54) is 12.1 Å². The predicted octanol–water partition coefficient (Wildman–Crippen LogP) is 6.41. The SMILES string of the molecule is Cn1nccc1-c1cc(Oc2ccc(NC(=O)Nc3cc(C(C)(C)C)nn3-c3cccc(C#N)c3)c(F)c2)ccn1. The Labute approximate surface area is 236 Å². The van der Waals surface area contributed by atoms with Crippen molar-refractivity contribution in [2.45, 2.75) is 26.2 Å². The third-order valence-electron chi connectivity index (χ3n) is 6.18. The average Bonchev–Trinajstić information content (AvgIpc) is 3.57. The summed E-state index contributed by atoms with van der Waals surface area (Å²) in [5.74, 6) is 0.410. The number of nitriles is 1. The van der Waals surface area contributed by atoms with Gasteiger partial charge in [-0.2, -0.15) is 15.5 Å². The molecule has 206 valence electrons. The summed E-state index contributed by atoms with van der Waals surface area (Å²) in [4.78, 5) is 17.3. The highest BCUT2D eigenvalue weighted by molar-refractivity contribution is 5.99. The van der Waals surface area contributed by atoms with Gasteiger partial charge in [-0.3, -0.25) is 15.0 Å². The molecule has 0 spiro atoms. The fourth-order valence-electron chi connectivity index (χ4n) is 4.05. The van der Waals surface area contributed by atoms with E-state index in [9.17, 15) is 10.1 Å². The molecule has 5 aromatic rings. The number of amides is 2. The van der Waals surface area contributed by atoms with Crippen LogP contribution in [0.3, 0.4) is 0 Å². The number of carbonyl (C=O) groups is 1. The number of aryl methyl sites for hydroxylation is 1. The van der Waals surface area contributed by atoms with Gasteiger partial charge in [-0.25, -0.2) is 13.9 Å². The Morgan fingerprint density at radius 2 is 1.80 bits per heavy atom. The zero-order chi connectivity index (χ0) is 29.1. The molecule has 0 atom stereocenters. The number of rotatable bonds is 6. The molecule has 0 fully saturated rings. The van der Waals surface area contributed by atoms with Crippen LogP contribution in [0.4, 0.5) is 20.7 Å². The number of urea groups is 1. The van der Waals surface area contributed by atoms with E-state index in [0.29, 0.717) is 28.5 Å². The molecule has 41 heavy (non-hydrogen) atoms. The van der Waals surface area contributed by atoms with Crippen LogP contribution in [0.5, 0.6) is 11.5 Å². The molecule has 0 aliphatic rings. The highest BCUT2D eigenvalue weighted by Crippen LogP contribution is 2.29. The molecule has 0 saturated heterocycles. The van der Waals surface area contributed by atoms with Crippen molar-refractivity contribution in [3.8, 4) is 34.6 Å². The summed E-state index contributed by atoms with van der Waals surface area (Å²) in [5, 5.41) is 23.4. The molecular formula is C30H27FN8O2. The molecule has 0 aliphatic carbocycles. The lowest BCUT2D eigenvalue weighted by Crippen LogP contribution is -2.22. The molecule has 0 saturated carbocycles. The molecule has 11 heteroatoms. The van der Waals surface area contributed by atoms with Crippen LogP contribution in [0.15, 0.2) is 79.1 Å². The van der Waals surface area contributed by atoms with E-state index in [1.54, 1.807) is 70.3 Å². The second kappa shape index (κ2) is 10.9. The van der Waals surface area contributed by atoms with E-state index in [1.807, 2.05) is 33.9 Å². The minimum atomic E-state index is -0.677. The van der Waals surface area contributed by atoms with Crippen LogP contribution in [0, 0.1) is 17.1 Å². The topological polar surface area (TPSA) is 123 Å². The van der Waals surface area contributed by atoms with Gasteiger partial charge in [0.15, 0.2) is 0 Å². The van der Waals surface area contributed by atoms with Crippen LogP contribution in [0.1, 0.15) is 32.0 Å². The van der Waals surface area contributed by atoms with Crippen molar-refractivity contribution in [3.05, 3.63) is 96.2 Å². The van der Waals surface area contributed by atoms with Crippen LogP contribution in [0.25, 0.3) is 17.1 Å². The molecule has 3 heterocycles. The predicted molar refractivity (Wildman–Crippen MR) is 153 cm³/mol. The lowest BCUT2D eigenvalue weighted by Gasteiger charge is -2.14. The fourth-order valence-corrected chi connectivity index (χ4v) is 4.05. The van der Waals surface area contributed by atoms with Crippen molar-refractivity contribution in [3.63, 3.8) is 0 Å². The Balaban J connectivity index is 1.32. The Morgan fingerprint density at radius 1 is 1.00 bits per heavy atom. The summed E-state index contributed by atoms with van der Waals surface area (Å²) in [6, 6.07) is 19.5. The average molecular weight is 551 g/mol. The number of nitrogens with zero attached hydrogens (tertiary/aromatic N) is 6. The molecule has 10 nitrogen and oxygen atoms in total. The van der Waals surface area contributed by atoms with Crippen LogP contribution < -0.4 is 15.4 Å². The van der Waals surface area contributed by atoms with Crippen molar-refractivity contribution in [1.29, 1.82) is 5.26 Å². The Morgan fingerprint density at radius 3 is 2.51 bits per heavy atom. The minimum absolute atomic E-state index is 0.0336. The van der Waals surface area contributed by atoms with Gasteiger partial charge >= 0.3 is 6.03 Å². The normalized spacial score (nSPS) is 11.1. The number of hydrogen-bond acceptors (Lipinski definition) is 6. The van der Waals surface area contributed by atoms with Gasteiger partial charge in [-0.05, 0) is 42.5 Å². The molecule has 0 radical (unpaired) electrons. The number of pyridine rings is 1. The lowest BCUT2D eigenvalue weighted by molar-refractivity contribution is 0.262. The second-order valence-electron chi connectivity index (χ2n) is 10.3. The van der Waals surface area contributed by atoms with Crippen molar-refractivity contribution < 1.29 is 13.9 Å². The summed E-state index contributed by atoms with van der Waals surface area (Å²) in [7, 11) is 1.81. The molecule has 5 rings (SSSR count). The molecule has 2 amide bonds. The number of aromatic nitrogens is 5. The fraction of sp³-hybridized carbons (Fsp3) is 0.167. The molecule has 2 N–H and O–H groups in total. The van der Waals surface area contributed by atoms with Gasteiger partial charge in [-0.1, -0.05) is 26.8 Å². The number of hydrogen-bond donors (Lipinski definition) is 2. The standard InChI is InChI=1S/C30H27FN8O2/c1-30(2,3)27-17-28(39(37-27)20-7-5-6-19(14-20)18-32)36-29(40)35-24-9-8-21(15-23(24)31)41-22-10-12-33-25(16-22)26-11-13-34-38(26)4/h5-17H,1-4H3,(H2,35,36,40). The van der Waals surface area contributed by atoms with E-state index in [0.717, 1.165) is 11.4 Å².